The molecule has 102 valence electrons. The predicted octanol–water partition coefficient (Wildman–Crippen LogP) is -0.0519. The molecule has 0 bridgehead atoms. The molecule has 0 rings (SSSR count). The minimum atomic E-state index is -0.293. The van der Waals surface area contributed by atoms with Crippen molar-refractivity contribution >= 4 is 5.91 Å². The zero-order valence-corrected chi connectivity index (χ0v) is 10.5. The molecule has 0 saturated carbocycles. The molecule has 17 heavy (non-hydrogen) atoms. The molecule has 0 aliphatic heterocycles. The maximum Gasteiger partial charge on any atom is 0.217 e. The van der Waals surface area contributed by atoms with E-state index in [2.05, 4.69) is 0 Å². The number of hydrogen-bond acceptors (Lipinski definition) is 5. The third kappa shape index (κ3) is 15.3. The summed E-state index contributed by atoms with van der Waals surface area (Å²) >= 11 is 0. The first-order valence-electron chi connectivity index (χ1n) is 5.78. The summed E-state index contributed by atoms with van der Waals surface area (Å²) in [4.78, 5) is 10.4. The van der Waals surface area contributed by atoms with Crippen LogP contribution in [0.2, 0.25) is 0 Å². The second kappa shape index (κ2) is 13.4. The van der Waals surface area contributed by atoms with Gasteiger partial charge in [-0.3, -0.25) is 4.79 Å². The maximum absolute atomic E-state index is 10.4. The molecule has 0 radical (unpaired) electrons. The molecule has 6 heteroatoms. The van der Waals surface area contributed by atoms with Crippen LogP contribution in [-0.2, 0) is 23.7 Å². The summed E-state index contributed by atoms with van der Waals surface area (Å²) in [5, 5.41) is 0. The van der Waals surface area contributed by atoms with Crippen molar-refractivity contribution in [2.24, 2.45) is 5.73 Å². The largest absolute Gasteiger partial charge is 0.382 e. The number of hydrogen-bond donors (Lipinski definition) is 1. The van der Waals surface area contributed by atoms with Gasteiger partial charge in [0.05, 0.1) is 39.6 Å². The molecule has 0 saturated heterocycles. The highest BCUT2D eigenvalue weighted by Crippen LogP contribution is 1.89. The molecular formula is C11H23NO5. The van der Waals surface area contributed by atoms with Crippen LogP contribution in [-0.4, -0.2) is 59.3 Å². The Labute approximate surface area is 102 Å². The van der Waals surface area contributed by atoms with Crippen molar-refractivity contribution in [1.29, 1.82) is 0 Å². The van der Waals surface area contributed by atoms with E-state index in [9.17, 15) is 4.79 Å². The molecular weight excluding hydrogens is 226 g/mol. The first kappa shape index (κ1) is 16.3. The molecule has 0 aromatic carbocycles. The normalized spacial score (nSPS) is 10.6. The smallest absolute Gasteiger partial charge is 0.217 e. The summed E-state index contributed by atoms with van der Waals surface area (Å²) < 4.78 is 20.5. The van der Waals surface area contributed by atoms with Gasteiger partial charge in [0.25, 0.3) is 0 Å². The van der Waals surface area contributed by atoms with Crippen LogP contribution in [0.25, 0.3) is 0 Å². The average Bonchev–Trinajstić information content (AvgIpc) is 2.30. The Kier molecular flexibility index (Phi) is 12.8. The van der Waals surface area contributed by atoms with E-state index in [1.165, 1.54) is 0 Å². The van der Waals surface area contributed by atoms with E-state index in [1.807, 2.05) is 0 Å². The summed E-state index contributed by atoms with van der Waals surface area (Å²) in [6.45, 7) is 3.89. The molecule has 0 aromatic heterocycles. The number of carbonyl (C=O) groups excluding carboxylic acids is 1. The zero-order valence-electron chi connectivity index (χ0n) is 10.5. The van der Waals surface area contributed by atoms with Gasteiger partial charge in [0.2, 0.25) is 5.91 Å². The first-order valence-corrected chi connectivity index (χ1v) is 5.78. The molecule has 0 fully saturated rings. The van der Waals surface area contributed by atoms with Crippen molar-refractivity contribution in [3.63, 3.8) is 0 Å². The maximum atomic E-state index is 10.4. The lowest BCUT2D eigenvalue weighted by Crippen LogP contribution is -2.13. The van der Waals surface area contributed by atoms with E-state index in [1.54, 1.807) is 7.11 Å². The highest BCUT2D eigenvalue weighted by Gasteiger charge is 1.94. The lowest BCUT2D eigenvalue weighted by Gasteiger charge is -2.06. The van der Waals surface area contributed by atoms with Crippen molar-refractivity contribution in [1.82, 2.24) is 0 Å². The summed E-state index contributed by atoms with van der Waals surface area (Å²) in [5.41, 5.74) is 4.98. The highest BCUT2D eigenvalue weighted by atomic mass is 16.6. The second-order valence-corrected chi connectivity index (χ2v) is 3.40. The topological polar surface area (TPSA) is 80.0 Å². The second-order valence-electron chi connectivity index (χ2n) is 3.40. The zero-order chi connectivity index (χ0) is 12.8. The molecule has 0 heterocycles. The monoisotopic (exact) mass is 249 g/mol. The van der Waals surface area contributed by atoms with E-state index in [4.69, 9.17) is 24.7 Å². The number of amides is 1. The molecule has 0 aromatic rings. The van der Waals surface area contributed by atoms with Gasteiger partial charge in [0.1, 0.15) is 0 Å². The van der Waals surface area contributed by atoms with Gasteiger partial charge in [-0.05, 0) is 6.42 Å². The molecule has 1 amide bonds. The van der Waals surface area contributed by atoms with Crippen LogP contribution in [0.4, 0.5) is 0 Å². The fourth-order valence-corrected chi connectivity index (χ4v) is 1.03. The van der Waals surface area contributed by atoms with Crippen LogP contribution in [0.15, 0.2) is 0 Å². The quantitative estimate of drug-likeness (QED) is 0.463. The molecule has 0 atom stereocenters. The van der Waals surface area contributed by atoms with Crippen LogP contribution in [0, 0.1) is 0 Å². The summed E-state index contributed by atoms with van der Waals surface area (Å²) in [6, 6.07) is 0. The minimum absolute atomic E-state index is 0.293. The number of ether oxygens (including phenoxy) is 4. The Morgan fingerprint density at radius 3 is 1.82 bits per heavy atom. The Balaban J connectivity index is 2.91. The summed E-state index contributed by atoms with van der Waals surface area (Å²) in [7, 11) is 1.63. The molecule has 0 aliphatic carbocycles. The van der Waals surface area contributed by atoms with Crippen LogP contribution in [0.1, 0.15) is 12.8 Å². The lowest BCUT2D eigenvalue weighted by molar-refractivity contribution is -0.118. The SMILES string of the molecule is COCCOCCOCCOCCCC(N)=O. The van der Waals surface area contributed by atoms with Crippen molar-refractivity contribution in [2.45, 2.75) is 12.8 Å². The number of rotatable bonds is 13. The molecule has 0 spiro atoms. The third-order valence-corrected chi connectivity index (χ3v) is 1.89. The van der Waals surface area contributed by atoms with Crippen molar-refractivity contribution in [2.75, 3.05) is 53.4 Å². The van der Waals surface area contributed by atoms with Gasteiger partial charge in [-0.15, -0.1) is 0 Å². The Morgan fingerprint density at radius 2 is 1.35 bits per heavy atom. The van der Waals surface area contributed by atoms with Gasteiger partial charge in [-0.25, -0.2) is 0 Å². The van der Waals surface area contributed by atoms with E-state index in [0.717, 1.165) is 0 Å². The Hall–Kier alpha value is -0.690. The predicted molar refractivity (Wildman–Crippen MR) is 62.8 cm³/mol. The highest BCUT2D eigenvalue weighted by molar-refractivity contribution is 5.73. The minimum Gasteiger partial charge on any atom is -0.382 e. The van der Waals surface area contributed by atoms with E-state index in [0.29, 0.717) is 59.1 Å². The van der Waals surface area contributed by atoms with Crippen molar-refractivity contribution < 1.29 is 23.7 Å². The van der Waals surface area contributed by atoms with E-state index in [-0.39, 0.29) is 5.91 Å². The Bertz CT molecular complexity index is 177. The van der Waals surface area contributed by atoms with E-state index >= 15 is 0 Å². The fraction of sp³-hybridized carbons (Fsp3) is 0.909. The molecule has 0 unspecified atom stereocenters. The van der Waals surface area contributed by atoms with Crippen LogP contribution in [0.3, 0.4) is 0 Å². The first-order chi connectivity index (χ1) is 8.27. The van der Waals surface area contributed by atoms with E-state index < -0.39 is 0 Å². The number of primary amides is 1. The average molecular weight is 249 g/mol. The summed E-state index contributed by atoms with van der Waals surface area (Å²) in [5.74, 6) is -0.293. The molecule has 2 N–H and O–H groups in total. The lowest BCUT2D eigenvalue weighted by atomic mass is 10.3. The standard InChI is InChI=1S/C11H23NO5/c1-14-5-6-16-9-10-17-8-7-15-4-2-3-11(12)13/h2-10H2,1H3,(H2,12,13). The van der Waals surface area contributed by atoms with Gasteiger partial charge >= 0.3 is 0 Å². The molecule has 6 nitrogen and oxygen atoms in total. The van der Waals surface area contributed by atoms with Gasteiger partial charge in [0.15, 0.2) is 0 Å². The molecule has 0 aliphatic rings. The van der Waals surface area contributed by atoms with Gasteiger partial charge < -0.3 is 24.7 Å². The van der Waals surface area contributed by atoms with Gasteiger partial charge in [-0.1, -0.05) is 0 Å². The van der Waals surface area contributed by atoms with Gasteiger partial charge in [-0.2, -0.15) is 0 Å². The number of nitrogens with two attached hydrogens (primary N) is 1. The number of methoxy groups -OCH3 is 1. The van der Waals surface area contributed by atoms with Crippen LogP contribution >= 0.6 is 0 Å². The van der Waals surface area contributed by atoms with Crippen LogP contribution in [0.5, 0.6) is 0 Å². The van der Waals surface area contributed by atoms with Crippen LogP contribution < -0.4 is 5.73 Å². The fourth-order valence-electron chi connectivity index (χ4n) is 1.03. The third-order valence-electron chi connectivity index (χ3n) is 1.89. The summed E-state index contributed by atoms with van der Waals surface area (Å²) in [6.07, 6.45) is 1.03. The Morgan fingerprint density at radius 1 is 0.882 bits per heavy atom. The van der Waals surface area contributed by atoms with Gasteiger partial charge in [0, 0.05) is 20.1 Å². The van der Waals surface area contributed by atoms with Crippen molar-refractivity contribution in [3.8, 4) is 0 Å². The number of carbonyl (C=O) groups is 1. The van der Waals surface area contributed by atoms with Crippen molar-refractivity contribution in [3.05, 3.63) is 0 Å².